The van der Waals surface area contributed by atoms with E-state index in [4.69, 9.17) is 0 Å². The van der Waals surface area contributed by atoms with Gasteiger partial charge in [-0.25, -0.2) is 9.37 Å². The Morgan fingerprint density at radius 3 is 2.74 bits per heavy atom. The first-order valence-corrected chi connectivity index (χ1v) is 6.98. The maximum absolute atomic E-state index is 12.7. The van der Waals surface area contributed by atoms with Gasteiger partial charge in [0.25, 0.3) is 5.91 Å². The Morgan fingerprint density at radius 2 is 2.11 bits per heavy atom. The van der Waals surface area contributed by atoms with Crippen LogP contribution in [0, 0.1) is 5.82 Å². The van der Waals surface area contributed by atoms with Crippen LogP contribution in [0.1, 0.15) is 27.2 Å². The normalized spacial score (nSPS) is 10.4. The highest BCUT2D eigenvalue weighted by Gasteiger charge is 2.08. The first kappa shape index (κ1) is 13.7. The molecular weight excluding hydrogens is 263 g/mol. The summed E-state index contributed by atoms with van der Waals surface area (Å²) in [5.41, 5.74) is 1.00. The SMILES string of the molecule is CCc1ncc(C(=O)NCCc2ccc(F)cc2)s1. The maximum Gasteiger partial charge on any atom is 0.263 e. The molecule has 100 valence electrons. The average molecular weight is 278 g/mol. The molecule has 0 spiro atoms. The summed E-state index contributed by atoms with van der Waals surface area (Å²) >= 11 is 1.42. The van der Waals surface area contributed by atoms with Gasteiger partial charge in [0, 0.05) is 6.54 Å². The van der Waals surface area contributed by atoms with Gasteiger partial charge in [0.1, 0.15) is 10.7 Å². The van der Waals surface area contributed by atoms with Crippen molar-refractivity contribution >= 4 is 17.2 Å². The van der Waals surface area contributed by atoms with Gasteiger partial charge in [-0.05, 0) is 30.5 Å². The zero-order valence-electron chi connectivity index (χ0n) is 10.6. The molecule has 0 aliphatic rings. The van der Waals surface area contributed by atoms with Gasteiger partial charge in [-0.15, -0.1) is 11.3 Å². The third-order valence-corrected chi connectivity index (χ3v) is 3.83. The number of carbonyl (C=O) groups excluding carboxylic acids is 1. The Bertz CT molecular complexity index is 551. The molecule has 0 radical (unpaired) electrons. The van der Waals surface area contributed by atoms with Gasteiger partial charge in [0.2, 0.25) is 0 Å². The standard InChI is InChI=1S/C14H15FN2OS/c1-2-13-17-9-12(19-13)14(18)16-8-7-10-3-5-11(15)6-4-10/h3-6,9H,2,7-8H2,1H3,(H,16,18). The van der Waals surface area contributed by atoms with Crippen LogP contribution in [0.4, 0.5) is 4.39 Å². The monoisotopic (exact) mass is 278 g/mol. The molecule has 0 fully saturated rings. The summed E-state index contributed by atoms with van der Waals surface area (Å²) < 4.78 is 12.7. The summed E-state index contributed by atoms with van der Waals surface area (Å²) in [6.07, 6.45) is 3.13. The molecule has 0 atom stereocenters. The molecule has 2 aromatic rings. The van der Waals surface area contributed by atoms with Crippen molar-refractivity contribution in [3.8, 4) is 0 Å². The number of carbonyl (C=O) groups is 1. The number of hydrogen-bond donors (Lipinski definition) is 1. The highest BCUT2D eigenvalue weighted by Crippen LogP contribution is 2.13. The average Bonchev–Trinajstić information content (AvgIpc) is 2.90. The van der Waals surface area contributed by atoms with Gasteiger partial charge in [0.05, 0.1) is 11.2 Å². The highest BCUT2D eigenvalue weighted by molar-refractivity contribution is 7.13. The summed E-state index contributed by atoms with van der Waals surface area (Å²) in [6.45, 7) is 2.54. The van der Waals surface area contributed by atoms with Crippen molar-refractivity contribution < 1.29 is 9.18 Å². The predicted octanol–water partition coefficient (Wildman–Crippen LogP) is 2.82. The summed E-state index contributed by atoms with van der Waals surface area (Å²) in [5, 5.41) is 3.80. The Labute approximate surface area is 115 Å². The number of benzene rings is 1. The first-order valence-electron chi connectivity index (χ1n) is 6.16. The largest absolute Gasteiger partial charge is 0.351 e. The van der Waals surface area contributed by atoms with Crippen molar-refractivity contribution in [2.45, 2.75) is 19.8 Å². The van der Waals surface area contributed by atoms with E-state index in [1.165, 1.54) is 23.5 Å². The van der Waals surface area contributed by atoms with E-state index in [0.29, 0.717) is 17.8 Å². The van der Waals surface area contributed by atoms with E-state index in [-0.39, 0.29) is 11.7 Å². The zero-order chi connectivity index (χ0) is 13.7. The van der Waals surface area contributed by atoms with Crippen LogP contribution in [-0.4, -0.2) is 17.4 Å². The number of thiazole rings is 1. The Kier molecular flexibility index (Phi) is 4.63. The fourth-order valence-electron chi connectivity index (χ4n) is 1.64. The third-order valence-electron chi connectivity index (χ3n) is 2.69. The molecule has 3 nitrogen and oxygen atoms in total. The molecule has 5 heteroatoms. The van der Waals surface area contributed by atoms with Gasteiger partial charge < -0.3 is 5.32 Å². The number of amides is 1. The minimum Gasteiger partial charge on any atom is -0.351 e. The molecule has 19 heavy (non-hydrogen) atoms. The van der Waals surface area contributed by atoms with E-state index < -0.39 is 0 Å². The molecule has 0 saturated carbocycles. The second kappa shape index (κ2) is 6.43. The van der Waals surface area contributed by atoms with Crippen LogP contribution in [0.2, 0.25) is 0 Å². The number of aryl methyl sites for hydroxylation is 1. The van der Waals surface area contributed by atoms with E-state index >= 15 is 0 Å². The van der Waals surface area contributed by atoms with E-state index in [1.807, 2.05) is 6.92 Å². The molecular formula is C14H15FN2OS. The minimum absolute atomic E-state index is 0.0979. The van der Waals surface area contributed by atoms with Gasteiger partial charge >= 0.3 is 0 Å². The van der Waals surface area contributed by atoms with Crippen LogP contribution in [0.5, 0.6) is 0 Å². The van der Waals surface area contributed by atoms with E-state index in [1.54, 1.807) is 18.3 Å². The van der Waals surface area contributed by atoms with Crippen LogP contribution in [0.15, 0.2) is 30.5 Å². The van der Waals surface area contributed by atoms with Crippen molar-refractivity contribution in [1.29, 1.82) is 0 Å². The molecule has 1 heterocycles. The fraction of sp³-hybridized carbons (Fsp3) is 0.286. The summed E-state index contributed by atoms with van der Waals surface area (Å²) in [7, 11) is 0. The van der Waals surface area contributed by atoms with Crippen LogP contribution >= 0.6 is 11.3 Å². The molecule has 1 amide bonds. The van der Waals surface area contributed by atoms with Crippen molar-refractivity contribution in [3.63, 3.8) is 0 Å². The quantitative estimate of drug-likeness (QED) is 0.913. The summed E-state index contributed by atoms with van der Waals surface area (Å²) in [5.74, 6) is -0.344. The lowest BCUT2D eigenvalue weighted by molar-refractivity contribution is 0.0958. The summed E-state index contributed by atoms with van der Waals surface area (Å²) in [6, 6.07) is 6.30. The van der Waals surface area contributed by atoms with Gasteiger partial charge in [-0.1, -0.05) is 19.1 Å². The molecule has 0 aliphatic carbocycles. The fourth-order valence-corrected chi connectivity index (χ4v) is 2.41. The van der Waals surface area contributed by atoms with Crippen LogP contribution < -0.4 is 5.32 Å². The van der Waals surface area contributed by atoms with Gasteiger partial charge in [-0.3, -0.25) is 4.79 Å². The Balaban J connectivity index is 1.82. The van der Waals surface area contributed by atoms with E-state index in [0.717, 1.165) is 17.0 Å². The number of aromatic nitrogens is 1. The van der Waals surface area contributed by atoms with Crippen molar-refractivity contribution in [3.05, 3.63) is 51.7 Å². The van der Waals surface area contributed by atoms with Crippen molar-refractivity contribution in [1.82, 2.24) is 10.3 Å². The second-order valence-electron chi connectivity index (χ2n) is 4.10. The van der Waals surface area contributed by atoms with E-state index in [9.17, 15) is 9.18 Å². The lowest BCUT2D eigenvalue weighted by Crippen LogP contribution is -2.24. The lowest BCUT2D eigenvalue weighted by Gasteiger charge is -2.03. The number of rotatable bonds is 5. The van der Waals surface area contributed by atoms with E-state index in [2.05, 4.69) is 10.3 Å². The molecule has 2 rings (SSSR count). The van der Waals surface area contributed by atoms with Crippen LogP contribution in [0.25, 0.3) is 0 Å². The Hall–Kier alpha value is -1.75. The van der Waals surface area contributed by atoms with Crippen LogP contribution in [-0.2, 0) is 12.8 Å². The zero-order valence-corrected chi connectivity index (χ0v) is 11.5. The number of halogens is 1. The molecule has 0 saturated heterocycles. The number of hydrogen-bond acceptors (Lipinski definition) is 3. The number of nitrogens with zero attached hydrogens (tertiary/aromatic N) is 1. The minimum atomic E-state index is -0.246. The molecule has 1 aromatic heterocycles. The maximum atomic E-state index is 12.7. The molecule has 1 N–H and O–H groups in total. The highest BCUT2D eigenvalue weighted by atomic mass is 32.1. The predicted molar refractivity (Wildman–Crippen MR) is 73.9 cm³/mol. The number of nitrogens with one attached hydrogen (secondary N) is 1. The second-order valence-corrected chi connectivity index (χ2v) is 5.22. The smallest absolute Gasteiger partial charge is 0.263 e. The van der Waals surface area contributed by atoms with Gasteiger partial charge in [0.15, 0.2) is 0 Å². The Morgan fingerprint density at radius 1 is 1.37 bits per heavy atom. The van der Waals surface area contributed by atoms with Crippen molar-refractivity contribution in [2.75, 3.05) is 6.54 Å². The summed E-state index contributed by atoms with van der Waals surface area (Å²) in [4.78, 5) is 16.6. The topological polar surface area (TPSA) is 42.0 Å². The molecule has 0 bridgehead atoms. The first-order chi connectivity index (χ1) is 9.19. The van der Waals surface area contributed by atoms with Crippen LogP contribution in [0.3, 0.4) is 0 Å². The van der Waals surface area contributed by atoms with Gasteiger partial charge in [-0.2, -0.15) is 0 Å². The molecule has 0 unspecified atom stereocenters. The van der Waals surface area contributed by atoms with Crippen molar-refractivity contribution in [2.24, 2.45) is 0 Å². The molecule has 0 aliphatic heterocycles. The molecule has 1 aromatic carbocycles. The third kappa shape index (κ3) is 3.86. The lowest BCUT2D eigenvalue weighted by atomic mass is 10.1.